The van der Waals surface area contributed by atoms with Crippen LogP contribution in [0.3, 0.4) is 0 Å². The molecule has 2 aromatic carbocycles. The number of primary amides is 1. The van der Waals surface area contributed by atoms with E-state index in [0.717, 1.165) is 17.8 Å². The van der Waals surface area contributed by atoms with Gasteiger partial charge in [0.05, 0.1) is 18.2 Å². The molecule has 12 nitrogen and oxygen atoms in total. The van der Waals surface area contributed by atoms with Gasteiger partial charge in [-0.15, -0.1) is 0 Å². The molecule has 0 unspecified atom stereocenters. The van der Waals surface area contributed by atoms with E-state index in [1.807, 2.05) is 58.8 Å². The number of aromatic nitrogens is 2. The van der Waals surface area contributed by atoms with E-state index in [2.05, 4.69) is 15.1 Å². The molecule has 0 aliphatic heterocycles. The van der Waals surface area contributed by atoms with E-state index in [4.69, 9.17) is 10.3 Å². The van der Waals surface area contributed by atoms with Gasteiger partial charge >= 0.3 is 0 Å². The van der Waals surface area contributed by atoms with Crippen molar-refractivity contribution in [2.24, 2.45) is 12.8 Å². The monoisotopic (exact) mass is 666 g/mol. The number of rotatable bonds is 9. The number of halogens is 1. The van der Waals surface area contributed by atoms with E-state index in [1.54, 1.807) is 58.3 Å². The van der Waals surface area contributed by atoms with E-state index < -0.39 is 17.6 Å². The number of amides is 2. The Balaban J connectivity index is 0.00000115. The summed E-state index contributed by atoms with van der Waals surface area (Å²) in [5, 5.41) is 4.23. The van der Waals surface area contributed by atoms with Crippen LogP contribution in [0.4, 0.5) is 15.8 Å². The first-order chi connectivity index (χ1) is 22.8. The molecule has 0 bridgehead atoms. The Morgan fingerprint density at radius 3 is 2.10 bits per heavy atom. The van der Waals surface area contributed by atoms with Crippen LogP contribution in [0.15, 0.2) is 57.8 Å². The molecule has 4 aromatic rings. The van der Waals surface area contributed by atoms with Gasteiger partial charge in [-0.1, -0.05) is 39.8 Å². The number of nitrogens with two attached hydrogens (primary N) is 1. The van der Waals surface area contributed by atoms with Gasteiger partial charge in [0, 0.05) is 62.9 Å². The fourth-order valence-electron chi connectivity index (χ4n) is 4.30. The SMILES string of the molecule is CC.CC.CON(C)C.Cc1cc(C=O)c(CN(C)c2ccc(-c3c(C)on(C)c3=O)cc2)c(C(=O)Nc2ccc(F)c(C(N)=O)c2)n1. The third kappa shape index (κ3) is 10.7. The Hall–Kier alpha value is -5.14. The number of anilines is 2. The highest BCUT2D eigenvalue weighted by Crippen LogP contribution is 2.26. The normalized spacial score (nSPS) is 10.0. The first-order valence-electron chi connectivity index (χ1n) is 15.3. The van der Waals surface area contributed by atoms with Crippen LogP contribution in [0, 0.1) is 19.7 Å². The van der Waals surface area contributed by atoms with E-state index in [-0.39, 0.29) is 34.6 Å². The summed E-state index contributed by atoms with van der Waals surface area (Å²) in [5.74, 6) is -1.93. The Labute approximate surface area is 281 Å². The van der Waals surface area contributed by atoms with E-state index in [1.165, 1.54) is 10.8 Å². The number of carbonyl (C=O) groups is 3. The van der Waals surface area contributed by atoms with Crippen molar-refractivity contribution in [1.29, 1.82) is 0 Å². The summed E-state index contributed by atoms with van der Waals surface area (Å²) < 4.78 is 20.4. The van der Waals surface area contributed by atoms with Crippen molar-refractivity contribution in [3.63, 3.8) is 0 Å². The van der Waals surface area contributed by atoms with Crippen molar-refractivity contribution in [2.45, 2.75) is 48.1 Å². The molecule has 260 valence electrons. The molecule has 0 atom stereocenters. The van der Waals surface area contributed by atoms with Crippen molar-refractivity contribution in [1.82, 2.24) is 14.8 Å². The van der Waals surface area contributed by atoms with E-state index in [9.17, 15) is 23.6 Å². The van der Waals surface area contributed by atoms with Crippen molar-refractivity contribution < 1.29 is 28.1 Å². The molecular weight excluding hydrogens is 619 g/mol. The summed E-state index contributed by atoms with van der Waals surface area (Å²) in [5.41, 5.74) is 7.76. The number of hydroxylamine groups is 2. The number of benzene rings is 2. The lowest BCUT2D eigenvalue weighted by Crippen LogP contribution is -2.24. The lowest BCUT2D eigenvalue weighted by atomic mass is 10.0. The van der Waals surface area contributed by atoms with Crippen molar-refractivity contribution in [2.75, 3.05) is 38.5 Å². The standard InChI is InChI=1S/C28H26FN5O5.C3H9NO.2C2H6/c1-15-11-18(14-35)22(25(31-15)27(37)32-19-7-10-23(29)21(12-19)26(30)36)13-33(3)20-8-5-17(6-9-20)24-16(2)39-34(4)28(24)38;1-4(2)5-3;2*1-2/h5-12,14H,13H2,1-4H3,(H2,30,36)(H,32,37);1-3H3;2*1-2H3. The molecule has 4 rings (SSSR count). The zero-order valence-electron chi connectivity index (χ0n) is 29.6. The maximum Gasteiger partial charge on any atom is 0.290 e. The molecule has 0 aliphatic rings. The maximum atomic E-state index is 13.9. The molecule has 0 saturated carbocycles. The van der Waals surface area contributed by atoms with Gasteiger partial charge in [0.1, 0.15) is 17.3 Å². The number of hydrogen-bond acceptors (Lipinski definition) is 9. The zero-order chi connectivity index (χ0) is 36.7. The highest BCUT2D eigenvalue weighted by Gasteiger charge is 2.21. The van der Waals surface area contributed by atoms with Crippen molar-refractivity contribution in [3.05, 3.63) is 98.5 Å². The van der Waals surface area contributed by atoms with Crippen LogP contribution in [0.25, 0.3) is 11.1 Å². The molecule has 2 heterocycles. The first kappa shape index (κ1) is 40.9. The third-order valence-corrected chi connectivity index (χ3v) is 6.60. The molecule has 3 N–H and O–H groups in total. The van der Waals surface area contributed by atoms with Crippen LogP contribution in [-0.4, -0.2) is 61.1 Å². The molecule has 0 fully saturated rings. The van der Waals surface area contributed by atoms with Gasteiger partial charge < -0.3 is 25.3 Å². The Bertz CT molecular complexity index is 1730. The minimum absolute atomic E-state index is 0.00281. The van der Waals surface area contributed by atoms with Gasteiger partial charge in [0.15, 0.2) is 6.29 Å². The second kappa shape index (κ2) is 19.5. The minimum Gasteiger partial charge on any atom is -0.381 e. The summed E-state index contributed by atoms with van der Waals surface area (Å²) in [4.78, 5) is 59.8. The summed E-state index contributed by atoms with van der Waals surface area (Å²) >= 11 is 0. The van der Waals surface area contributed by atoms with Crippen molar-refractivity contribution in [3.8, 4) is 11.1 Å². The van der Waals surface area contributed by atoms with Crippen LogP contribution >= 0.6 is 0 Å². The van der Waals surface area contributed by atoms with Crippen LogP contribution in [-0.2, 0) is 18.4 Å². The zero-order valence-corrected chi connectivity index (χ0v) is 29.6. The molecule has 13 heteroatoms. The van der Waals surface area contributed by atoms with E-state index in [0.29, 0.717) is 34.4 Å². The van der Waals surface area contributed by atoms with E-state index >= 15 is 0 Å². The van der Waals surface area contributed by atoms with Crippen molar-refractivity contribution >= 4 is 29.5 Å². The Morgan fingerprint density at radius 2 is 1.62 bits per heavy atom. The Morgan fingerprint density at radius 1 is 1.04 bits per heavy atom. The molecule has 2 amide bonds. The molecule has 0 aliphatic carbocycles. The number of carbonyl (C=O) groups excluding carboxylic acids is 3. The number of hydrogen-bond donors (Lipinski definition) is 2. The van der Waals surface area contributed by atoms with Gasteiger partial charge in [-0.25, -0.2) is 9.37 Å². The van der Waals surface area contributed by atoms with Gasteiger partial charge in [0.25, 0.3) is 17.4 Å². The maximum absolute atomic E-state index is 13.9. The van der Waals surface area contributed by atoms with Gasteiger partial charge in [-0.05, 0) is 55.8 Å². The van der Waals surface area contributed by atoms with Crippen LogP contribution in [0.1, 0.15) is 75.9 Å². The number of nitrogens with one attached hydrogen (secondary N) is 1. The summed E-state index contributed by atoms with van der Waals surface area (Å²) in [6.07, 6.45) is 0.651. The van der Waals surface area contributed by atoms with Gasteiger partial charge in [-0.3, -0.25) is 19.2 Å². The quantitative estimate of drug-likeness (QED) is 0.168. The summed E-state index contributed by atoms with van der Waals surface area (Å²) in [6.45, 7) is 11.5. The average Bonchev–Trinajstić information content (AvgIpc) is 3.34. The summed E-state index contributed by atoms with van der Waals surface area (Å²) in [7, 11) is 8.62. The van der Waals surface area contributed by atoms with Gasteiger partial charge in [-0.2, -0.15) is 9.80 Å². The predicted octanol–water partition coefficient (Wildman–Crippen LogP) is 5.76. The number of pyridine rings is 1. The van der Waals surface area contributed by atoms with Gasteiger partial charge in [0.2, 0.25) is 0 Å². The molecule has 2 aromatic heterocycles. The number of aryl methyl sites for hydroxylation is 3. The predicted molar refractivity (Wildman–Crippen MR) is 187 cm³/mol. The molecular formula is C35H47FN6O6. The number of nitrogens with zero attached hydrogens (tertiary/aromatic N) is 4. The largest absolute Gasteiger partial charge is 0.381 e. The lowest BCUT2D eigenvalue weighted by molar-refractivity contribution is -0.0855. The molecule has 0 saturated heterocycles. The Kier molecular flexibility index (Phi) is 16.6. The molecule has 48 heavy (non-hydrogen) atoms. The molecule has 0 spiro atoms. The highest BCUT2D eigenvalue weighted by molar-refractivity contribution is 6.06. The number of aldehydes is 1. The average molecular weight is 667 g/mol. The highest BCUT2D eigenvalue weighted by atomic mass is 19.1. The third-order valence-electron chi connectivity index (χ3n) is 6.60. The van der Waals surface area contributed by atoms with Crippen LogP contribution in [0.2, 0.25) is 0 Å². The topological polar surface area (TPSA) is 153 Å². The summed E-state index contributed by atoms with van der Waals surface area (Å²) in [6, 6.07) is 12.2. The molecule has 0 radical (unpaired) electrons. The smallest absolute Gasteiger partial charge is 0.290 e. The van der Waals surface area contributed by atoms with Crippen LogP contribution in [0.5, 0.6) is 0 Å². The first-order valence-corrected chi connectivity index (χ1v) is 15.3. The minimum atomic E-state index is -0.975. The second-order valence-electron chi connectivity index (χ2n) is 10.0. The second-order valence-corrected chi connectivity index (χ2v) is 10.0. The fraction of sp³-hybridized carbons (Fsp3) is 0.343. The lowest BCUT2D eigenvalue weighted by Gasteiger charge is -2.22. The fourth-order valence-corrected chi connectivity index (χ4v) is 4.30. The van der Waals surface area contributed by atoms with Crippen LogP contribution < -0.4 is 21.5 Å².